The summed E-state index contributed by atoms with van der Waals surface area (Å²) >= 11 is 1.70. The van der Waals surface area contributed by atoms with Crippen LogP contribution in [0.15, 0.2) is 53.7 Å². The molecule has 174 valence electrons. The molecule has 3 heterocycles. The summed E-state index contributed by atoms with van der Waals surface area (Å²) in [4.78, 5) is 16.9. The Morgan fingerprint density at radius 1 is 0.909 bits per heavy atom. The van der Waals surface area contributed by atoms with Gasteiger partial charge in [-0.2, -0.15) is 4.31 Å². The second-order valence-corrected chi connectivity index (χ2v) is 11.5. The number of aromatic nitrogens is 1. The highest BCUT2D eigenvalue weighted by Crippen LogP contribution is 2.37. The first kappa shape index (κ1) is 22.3. The molecule has 3 aromatic rings. The maximum Gasteiger partial charge on any atom is 0.257 e. The molecule has 0 N–H and O–H groups in total. The lowest BCUT2D eigenvalue weighted by atomic mass is 9.95. The van der Waals surface area contributed by atoms with Gasteiger partial charge in [-0.25, -0.2) is 12.8 Å². The molecule has 33 heavy (non-hydrogen) atoms. The van der Waals surface area contributed by atoms with Crippen LogP contribution < -0.4 is 0 Å². The van der Waals surface area contributed by atoms with Gasteiger partial charge in [-0.3, -0.25) is 4.79 Å². The van der Waals surface area contributed by atoms with Gasteiger partial charge >= 0.3 is 0 Å². The summed E-state index contributed by atoms with van der Waals surface area (Å²) in [6.45, 7) is 1.38. The number of hydrogen-bond acceptors (Lipinski definition) is 4. The van der Waals surface area contributed by atoms with Crippen molar-refractivity contribution in [3.05, 3.63) is 70.6 Å². The van der Waals surface area contributed by atoms with Crippen LogP contribution in [0.5, 0.6) is 0 Å². The summed E-state index contributed by atoms with van der Waals surface area (Å²) in [7, 11) is -3.74. The second-order valence-electron chi connectivity index (χ2n) is 8.49. The van der Waals surface area contributed by atoms with Crippen LogP contribution in [0.4, 0.5) is 4.39 Å². The van der Waals surface area contributed by atoms with Gasteiger partial charge in [0, 0.05) is 43.4 Å². The molecule has 0 atom stereocenters. The van der Waals surface area contributed by atoms with E-state index in [1.54, 1.807) is 16.2 Å². The average molecular weight is 488 g/mol. The lowest BCUT2D eigenvalue weighted by Crippen LogP contribution is -2.37. The molecule has 2 aliphatic rings. The molecular weight excluding hydrogens is 461 g/mol. The Balaban J connectivity index is 1.40. The molecule has 0 saturated carbocycles. The van der Waals surface area contributed by atoms with Gasteiger partial charge in [0.1, 0.15) is 10.8 Å². The lowest BCUT2D eigenvalue weighted by Gasteiger charge is -2.23. The molecule has 0 spiro atoms. The van der Waals surface area contributed by atoms with Crippen LogP contribution in [-0.4, -0.2) is 54.3 Å². The number of benzene rings is 1. The molecule has 1 saturated heterocycles. The molecule has 1 amide bonds. The molecule has 1 fully saturated rings. The molecule has 0 unspecified atom stereocenters. The Morgan fingerprint density at radius 2 is 1.64 bits per heavy atom. The van der Waals surface area contributed by atoms with E-state index in [1.165, 1.54) is 26.9 Å². The fourth-order valence-corrected chi connectivity index (χ4v) is 7.49. The van der Waals surface area contributed by atoms with Crippen molar-refractivity contribution in [1.29, 1.82) is 0 Å². The Bertz CT molecular complexity index is 1250. The second kappa shape index (κ2) is 9.04. The van der Waals surface area contributed by atoms with Crippen LogP contribution in [0.1, 0.15) is 40.1 Å². The number of fused-ring (bicyclic) bond motifs is 1. The third-order valence-corrected chi connectivity index (χ3v) is 9.62. The molecule has 2 aromatic heterocycles. The van der Waals surface area contributed by atoms with Gasteiger partial charge in [0.25, 0.3) is 5.91 Å². The van der Waals surface area contributed by atoms with Crippen molar-refractivity contribution in [3.63, 3.8) is 0 Å². The van der Waals surface area contributed by atoms with Crippen molar-refractivity contribution in [2.24, 2.45) is 0 Å². The SMILES string of the molecule is O=C(c1c(-n2cccc2)sc2c1CCCC2)N1CCCN(S(=O)(=O)c2ccc(F)cc2)CC1. The van der Waals surface area contributed by atoms with Gasteiger partial charge in [-0.15, -0.1) is 11.3 Å². The highest BCUT2D eigenvalue weighted by atomic mass is 32.2. The van der Waals surface area contributed by atoms with Crippen molar-refractivity contribution >= 4 is 27.3 Å². The summed E-state index contributed by atoms with van der Waals surface area (Å²) < 4.78 is 42.8. The van der Waals surface area contributed by atoms with E-state index < -0.39 is 15.8 Å². The van der Waals surface area contributed by atoms with Crippen molar-refractivity contribution in [2.45, 2.75) is 37.0 Å². The zero-order valence-corrected chi connectivity index (χ0v) is 19.9. The number of aryl methyl sites for hydroxylation is 1. The van der Waals surface area contributed by atoms with E-state index in [9.17, 15) is 17.6 Å². The van der Waals surface area contributed by atoms with Gasteiger partial charge in [0.2, 0.25) is 10.0 Å². The molecule has 1 aliphatic carbocycles. The molecule has 5 rings (SSSR count). The number of sulfonamides is 1. The van der Waals surface area contributed by atoms with E-state index in [0.29, 0.717) is 26.1 Å². The highest BCUT2D eigenvalue weighted by molar-refractivity contribution is 7.89. The first-order valence-corrected chi connectivity index (χ1v) is 13.5. The van der Waals surface area contributed by atoms with Crippen LogP contribution >= 0.6 is 11.3 Å². The third kappa shape index (κ3) is 4.25. The average Bonchev–Trinajstić information content (AvgIpc) is 3.40. The van der Waals surface area contributed by atoms with E-state index in [-0.39, 0.29) is 17.3 Å². The molecule has 0 radical (unpaired) electrons. The van der Waals surface area contributed by atoms with E-state index in [1.807, 2.05) is 29.1 Å². The van der Waals surface area contributed by atoms with Gasteiger partial charge < -0.3 is 9.47 Å². The monoisotopic (exact) mass is 487 g/mol. The van der Waals surface area contributed by atoms with Crippen molar-refractivity contribution in [2.75, 3.05) is 26.2 Å². The first-order chi connectivity index (χ1) is 15.9. The Kier molecular flexibility index (Phi) is 6.11. The number of nitrogens with zero attached hydrogens (tertiary/aromatic N) is 3. The topological polar surface area (TPSA) is 62.6 Å². The number of thiophene rings is 1. The zero-order chi connectivity index (χ0) is 23.0. The standard InChI is InChI=1S/C24H26FN3O3S2/c25-18-8-10-19(11-9-18)33(30,31)28-15-5-14-26(16-17-28)23(29)22-20-6-1-2-7-21(20)32-24(22)27-12-3-4-13-27/h3-4,8-13H,1-2,5-7,14-17H2. The highest BCUT2D eigenvalue weighted by Gasteiger charge is 2.32. The fourth-order valence-electron chi connectivity index (χ4n) is 4.67. The number of carbonyl (C=O) groups is 1. The van der Waals surface area contributed by atoms with Crippen LogP contribution in [0.2, 0.25) is 0 Å². The number of hydrogen-bond donors (Lipinski definition) is 0. The van der Waals surface area contributed by atoms with Crippen LogP contribution in [0.25, 0.3) is 5.00 Å². The quantitative estimate of drug-likeness (QED) is 0.557. The van der Waals surface area contributed by atoms with Gasteiger partial charge in [0.15, 0.2) is 0 Å². The summed E-state index contributed by atoms with van der Waals surface area (Å²) in [5.41, 5.74) is 1.95. The Morgan fingerprint density at radius 3 is 2.39 bits per heavy atom. The van der Waals surface area contributed by atoms with E-state index in [2.05, 4.69) is 0 Å². The minimum Gasteiger partial charge on any atom is -0.337 e. The van der Waals surface area contributed by atoms with Crippen LogP contribution in [0, 0.1) is 5.82 Å². The van der Waals surface area contributed by atoms with Crippen LogP contribution in [0.3, 0.4) is 0 Å². The minimum absolute atomic E-state index is 0.0147. The molecule has 9 heteroatoms. The Labute approximate surface area is 197 Å². The van der Waals surface area contributed by atoms with E-state index in [0.717, 1.165) is 48.4 Å². The lowest BCUT2D eigenvalue weighted by molar-refractivity contribution is 0.0763. The fraction of sp³-hybridized carbons (Fsp3) is 0.375. The predicted octanol–water partition coefficient (Wildman–Crippen LogP) is 4.09. The summed E-state index contributed by atoms with van der Waals surface area (Å²) in [5.74, 6) is -0.488. The van der Waals surface area contributed by atoms with Gasteiger partial charge in [-0.1, -0.05) is 0 Å². The smallest absolute Gasteiger partial charge is 0.257 e. The van der Waals surface area contributed by atoms with Crippen molar-refractivity contribution in [1.82, 2.24) is 13.8 Å². The Hall–Kier alpha value is -2.49. The van der Waals surface area contributed by atoms with Crippen molar-refractivity contribution in [3.8, 4) is 5.00 Å². The summed E-state index contributed by atoms with van der Waals surface area (Å²) in [5, 5.41) is 0.955. The van der Waals surface area contributed by atoms with E-state index in [4.69, 9.17) is 0 Å². The number of amides is 1. The summed E-state index contributed by atoms with van der Waals surface area (Å²) in [6, 6.07) is 8.80. The molecular formula is C24H26FN3O3S2. The maximum atomic E-state index is 13.8. The molecule has 1 aliphatic heterocycles. The number of rotatable bonds is 4. The van der Waals surface area contributed by atoms with Gasteiger partial charge in [-0.05, 0) is 74.1 Å². The minimum atomic E-state index is -3.74. The van der Waals surface area contributed by atoms with Crippen LogP contribution in [-0.2, 0) is 22.9 Å². The molecule has 1 aromatic carbocycles. The predicted molar refractivity (Wildman–Crippen MR) is 126 cm³/mol. The molecule has 6 nitrogen and oxygen atoms in total. The van der Waals surface area contributed by atoms with Gasteiger partial charge in [0.05, 0.1) is 10.5 Å². The van der Waals surface area contributed by atoms with Crippen molar-refractivity contribution < 1.29 is 17.6 Å². The number of carbonyl (C=O) groups excluding carboxylic acids is 1. The number of halogens is 1. The zero-order valence-electron chi connectivity index (χ0n) is 18.2. The maximum absolute atomic E-state index is 13.8. The molecule has 0 bridgehead atoms. The normalized spacial score (nSPS) is 17.5. The third-order valence-electron chi connectivity index (χ3n) is 6.40. The largest absolute Gasteiger partial charge is 0.337 e. The summed E-state index contributed by atoms with van der Waals surface area (Å²) in [6.07, 6.45) is 8.63. The van der Waals surface area contributed by atoms with E-state index >= 15 is 0 Å². The first-order valence-electron chi connectivity index (χ1n) is 11.3.